The Kier molecular flexibility index (Phi) is 7.40. The Bertz CT molecular complexity index is 893. The van der Waals surface area contributed by atoms with Gasteiger partial charge in [-0.3, -0.25) is 4.79 Å². The number of anilines is 1. The number of nitrogens with zero attached hydrogens (tertiary/aromatic N) is 2. The van der Waals surface area contributed by atoms with E-state index in [1.807, 2.05) is 6.07 Å². The first-order valence-corrected chi connectivity index (χ1v) is 11.4. The Morgan fingerprint density at radius 2 is 1.89 bits per heavy atom. The van der Waals surface area contributed by atoms with Crippen molar-refractivity contribution in [1.82, 2.24) is 0 Å². The molecule has 0 saturated carbocycles. The van der Waals surface area contributed by atoms with Gasteiger partial charge in [-0.1, -0.05) is 55.5 Å². The third-order valence-electron chi connectivity index (χ3n) is 5.11. The zero-order valence-electron chi connectivity index (χ0n) is 16.1. The topological polar surface area (TPSA) is 44.1 Å². The molecule has 0 aliphatic carbocycles. The molecular formula is C22H24Cl2N2OS. The minimum atomic E-state index is 0.102. The van der Waals surface area contributed by atoms with E-state index < -0.39 is 0 Å². The molecule has 3 rings (SSSR count). The highest BCUT2D eigenvalue weighted by Crippen LogP contribution is 2.44. The highest BCUT2D eigenvalue weighted by molar-refractivity contribution is 7.19. The lowest BCUT2D eigenvalue weighted by Gasteiger charge is -2.21. The third-order valence-corrected chi connectivity index (χ3v) is 7.14. The molecule has 0 spiro atoms. The number of rotatable bonds is 6. The Balaban J connectivity index is 2.14. The summed E-state index contributed by atoms with van der Waals surface area (Å²) in [5.74, 6) is 0.102. The lowest BCUT2D eigenvalue weighted by atomic mass is 9.98. The summed E-state index contributed by atoms with van der Waals surface area (Å²) in [6.07, 6.45) is 6.96. The van der Waals surface area contributed by atoms with Gasteiger partial charge in [0.25, 0.3) is 0 Å². The zero-order valence-corrected chi connectivity index (χ0v) is 18.4. The second-order valence-electron chi connectivity index (χ2n) is 7.16. The van der Waals surface area contributed by atoms with Gasteiger partial charge in [-0.15, -0.1) is 11.3 Å². The summed E-state index contributed by atoms with van der Waals surface area (Å²) < 4.78 is 0. The van der Waals surface area contributed by atoms with Crippen LogP contribution in [0.15, 0.2) is 18.2 Å². The van der Waals surface area contributed by atoms with E-state index in [2.05, 4.69) is 17.9 Å². The number of hydrogen-bond donors (Lipinski definition) is 0. The van der Waals surface area contributed by atoms with E-state index in [0.717, 1.165) is 49.3 Å². The van der Waals surface area contributed by atoms with E-state index in [1.54, 1.807) is 12.1 Å². The van der Waals surface area contributed by atoms with E-state index in [0.29, 0.717) is 32.5 Å². The molecule has 3 nitrogen and oxygen atoms in total. The van der Waals surface area contributed by atoms with Crippen molar-refractivity contribution in [2.45, 2.75) is 51.9 Å². The van der Waals surface area contributed by atoms with E-state index in [1.165, 1.54) is 24.2 Å². The smallest absolute Gasteiger partial charge is 0.173 e. The summed E-state index contributed by atoms with van der Waals surface area (Å²) in [4.78, 5) is 16.0. The number of halogens is 2. The fourth-order valence-electron chi connectivity index (χ4n) is 3.59. The van der Waals surface area contributed by atoms with Crippen molar-refractivity contribution in [3.63, 3.8) is 0 Å². The third kappa shape index (κ3) is 4.54. The normalized spacial score (nSPS) is 14.6. The molecule has 1 aliphatic rings. The monoisotopic (exact) mass is 434 g/mol. The fraction of sp³-hybridized carbons (Fsp3) is 0.455. The molecule has 1 fully saturated rings. The van der Waals surface area contributed by atoms with Crippen LogP contribution in [-0.4, -0.2) is 18.9 Å². The number of Topliss-reactive ketones (excluding diaryl/α,β-unsaturated/α-hetero) is 1. The molecule has 0 amide bonds. The maximum atomic E-state index is 13.0. The zero-order chi connectivity index (χ0) is 20.1. The summed E-state index contributed by atoms with van der Waals surface area (Å²) in [6, 6.07) is 7.72. The summed E-state index contributed by atoms with van der Waals surface area (Å²) in [6.45, 7) is 3.93. The fourth-order valence-corrected chi connectivity index (χ4v) is 5.18. The average molecular weight is 435 g/mol. The predicted molar refractivity (Wildman–Crippen MR) is 119 cm³/mol. The highest BCUT2D eigenvalue weighted by atomic mass is 35.5. The quantitative estimate of drug-likeness (QED) is 0.446. The first-order valence-electron chi connectivity index (χ1n) is 9.87. The van der Waals surface area contributed by atoms with E-state index in [9.17, 15) is 10.1 Å². The van der Waals surface area contributed by atoms with Crippen molar-refractivity contribution >= 4 is 45.3 Å². The van der Waals surface area contributed by atoms with Gasteiger partial charge < -0.3 is 4.90 Å². The molecule has 0 atom stereocenters. The van der Waals surface area contributed by atoms with Crippen LogP contribution in [0.4, 0.5) is 5.00 Å². The number of thiophene rings is 1. The molecule has 0 radical (unpaired) electrons. The van der Waals surface area contributed by atoms with Crippen LogP contribution < -0.4 is 4.90 Å². The van der Waals surface area contributed by atoms with Gasteiger partial charge in [0.2, 0.25) is 0 Å². The van der Waals surface area contributed by atoms with Crippen LogP contribution in [0.2, 0.25) is 10.0 Å². The molecule has 2 aromatic rings. The van der Waals surface area contributed by atoms with Crippen molar-refractivity contribution in [2.75, 3.05) is 18.0 Å². The van der Waals surface area contributed by atoms with E-state index >= 15 is 0 Å². The maximum Gasteiger partial charge on any atom is 0.173 e. The first kappa shape index (κ1) is 21.2. The van der Waals surface area contributed by atoms with Crippen LogP contribution >= 0.6 is 34.5 Å². The number of ketones is 1. The van der Waals surface area contributed by atoms with Crippen LogP contribution in [0.3, 0.4) is 0 Å². The Morgan fingerprint density at radius 1 is 1.18 bits per heavy atom. The summed E-state index contributed by atoms with van der Waals surface area (Å²) >= 11 is 13.8. The maximum absolute atomic E-state index is 13.0. The number of hydrogen-bond acceptors (Lipinski definition) is 4. The second kappa shape index (κ2) is 9.78. The van der Waals surface area contributed by atoms with Crippen LogP contribution in [0.5, 0.6) is 0 Å². The molecule has 6 heteroatoms. The number of benzene rings is 1. The van der Waals surface area contributed by atoms with Crippen molar-refractivity contribution < 1.29 is 4.79 Å². The second-order valence-corrected chi connectivity index (χ2v) is 8.97. The van der Waals surface area contributed by atoms with Crippen molar-refractivity contribution in [3.05, 3.63) is 38.7 Å². The van der Waals surface area contributed by atoms with Gasteiger partial charge in [-0.25, -0.2) is 0 Å². The molecule has 0 unspecified atom stereocenters. The molecule has 0 N–H and O–H groups in total. The highest BCUT2D eigenvalue weighted by Gasteiger charge is 2.27. The number of nitriles is 1. The molecule has 28 heavy (non-hydrogen) atoms. The van der Waals surface area contributed by atoms with Crippen LogP contribution in [0, 0.1) is 11.3 Å². The van der Waals surface area contributed by atoms with E-state index in [4.69, 9.17) is 23.2 Å². The van der Waals surface area contributed by atoms with Gasteiger partial charge in [0.05, 0.1) is 20.5 Å². The minimum absolute atomic E-state index is 0.102. The number of unbranched alkanes of at least 4 members (excludes halogenated alkanes) is 1. The molecule has 1 aromatic carbocycles. The lowest BCUT2D eigenvalue weighted by Crippen LogP contribution is -2.23. The van der Waals surface area contributed by atoms with Crippen LogP contribution in [0.1, 0.15) is 67.1 Å². The minimum Gasteiger partial charge on any atom is -0.362 e. The molecule has 1 saturated heterocycles. The SMILES string of the molecule is CCCCC(=O)c1sc(N2CCCCCC2)c(C#N)c1-c1ccc(Cl)c(Cl)c1. The summed E-state index contributed by atoms with van der Waals surface area (Å²) in [5, 5.41) is 11.8. The van der Waals surface area contributed by atoms with Crippen LogP contribution in [0.25, 0.3) is 11.1 Å². The van der Waals surface area contributed by atoms with Crippen molar-refractivity contribution in [1.29, 1.82) is 5.26 Å². The van der Waals surface area contributed by atoms with Gasteiger partial charge in [-0.2, -0.15) is 5.26 Å². The first-order chi connectivity index (χ1) is 13.6. The Labute approximate surface area is 180 Å². The van der Waals surface area contributed by atoms with Crippen LogP contribution in [-0.2, 0) is 0 Å². The molecule has 1 aromatic heterocycles. The predicted octanol–water partition coefficient (Wildman–Crippen LogP) is 7.35. The van der Waals surface area contributed by atoms with Crippen molar-refractivity contribution in [3.8, 4) is 17.2 Å². The summed E-state index contributed by atoms with van der Waals surface area (Å²) in [5.41, 5.74) is 2.08. The lowest BCUT2D eigenvalue weighted by molar-refractivity contribution is 0.0984. The average Bonchev–Trinajstić information content (AvgIpc) is 2.87. The van der Waals surface area contributed by atoms with Gasteiger partial charge in [0, 0.05) is 25.1 Å². The molecule has 2 heterocycles. The molecule has 1 aliphatic heterocycles. The molecule has 148 valence electrons. The van der Waals surface area contributed by atoms with Gasteiger partial charge in [0.1, 0.15) is 11.1 Å². The van der Waals surface area contributed by atoms with Gasteiger partial charge in [-0.05, 0) is 37.0 Å². The molecule has 0 bridgehead atoms. The number of carbonyl (C=O) groups is 1. The van der Waals surface area contributed by atoms with Gasteiger partial charge >= 0.3 is 0 Å². The van der Waals surface area contributed by atoms with E-state index in [-0.39, 0.29) is 5.78 Å². The largest absolute Gasteiger partial charge is 0.362 e. The Hall–Kier alpha value is -1.54. The van der Waals surface area contributed by atoms with Gasteiger partial charge in [0.15, 0.2) is 5.78 Å². The number of carbonyl (C=O) groups excluding carboxylic acids is 1. The molecular weight excluding hydrogens is 411 g/mol. The summed E-state index contributed by atoms with van der Waals surface area (Å²) in [7, 11) is 0. The van der Waals surface area contributed by atoms with Crippen molar-refractivity contribution in [2.24, 2.45) is 0 Å². The standard InChI is InChI=1S/C22H24Cl2N2OS/c1-2-3-8-19(27)21-20(15-9-10-17(23)18(24)13-15)16(14-25)22(28-21)26-11-6-4-5-7-12-26/h9-10,13H,2-8,11-12H2,1H3. The Morgan fingerprint density at radius 3 is 2.50 bits per heavy atom.